The first-order valence-corrected chi connectivity index (χ1v) is 11.4. The highest BCUT2D eigenvalue weighted by molar-refractivity contribution is 7.89. The molecule has 0 aromatic heterocycles. The van der Waals surface area contributed by atoms with Crippen molar-refractivity contribution in [1.29, 1.82) is 0 Å². The maximum Gasteiger partial charge on any atom is 0.243 e. The predicted molar refractivity (Wildman–Crippen MR) is 117 cm³/mol. The standard InChI is InChI=1S/C22H28N2O6S/c1-23(17-8-5-9-18(13-17)28-2)22(25)16-7-6-12-24(15-16)31(26,27)19-10-11-20(29-3)21(14-19)30-4/h5,8-11,13-14,16H,6-7,12,15H2,1-4H3. The molecule has 3 rings (SSSR count). The molecular weight excluding hydrogens is 420 g/mol. The number of amides is 1. The lowest BCUT2D eigenvalue weighted by Crippen LogP contribution is -2.45. The van der Waals surface area contributed by atoms with Gasteiger partial charge in [-0.25, -0.2) is 8.42 Å². The molecule has 0 N–H and O–H groups in total. The second kappa shape index (κ2) is 9.57. The van der Waals surface area contributed by atoms with Crippen LogP contribution in [0.3, 0.4) is 0 Å². The molecule has 9 heteroatoms. The van der Waals surface area contributed by atoms with Crippen molar-refractivity contribution in [3.8, 4) is 17.2 Å². The Bertz CT molecular complexity index is 1040. The molecule has 1 heterocycles. The molecule has 0 aliphatic carbocycles. The second-order valence-electron chi connectivity index (χ2n) is 7.32. The molecule has 0 saturated carbocycles. The van der Waals surface area contributed by atoms with Gasteiger partial charge in [-0.2, -0.15) is 4.31 Å². The fraction of sp³-hybridized carbons (Fsp3) is 0.409. The summed E-state index contributed by atoms with van der Waals surface area (Å²) < 4.78 is 43.5. The number of carbonyl (C=O) groups is 1. The number of hydrogen-bond acceptors (Lipinski definition) is 6. The van der Waals surface area contributed by atoms with E-state index < -0.39 is 15.9 Å². The van der Waals surface area contributed by atoms with Crippen LogP contribution in [0.1, 0.15) is 12.8 Å². The molecule has 0 radical (unpaired) electrons. The molecule has 1 saturated heterocycles. The lowest BCUT2D eigenvalue weighted by molar-refractivity contribution is -0.123. The minimum Gasteiger partial charge on any atom is -0.497 e. The van der Waals surface area contributed by atoms with Crippen molar-refractivity contribution in [2.45, 2.75) is 17.7 Å². The molecule has 31 heavy (non-hydrogen) atoms. The minimum atomic E-state index is -3.78. The lowest BCUT2D eigenvalue weighted by atomic mass is 9.98. The number of hydrogen-bond donors (Lipinski definition) is 0. The highest BCUT2D eigenvalue weighted by Gasteiger charge is 2.35. The summed E-state index contributed by atoms with van der Waals surface area (Å²) in [5, 5.41) is 0. The highest BCUT2D eigenvalue weighted by atomic mass is 32.2. The van der Waals surface area contributed by atoms with Gasteiger partial charge in [0, 0.05) is 38.0 Å². The molecule has 2 aromatic carbocycles. The normalized spacial score (nSPS) is 17.1. The van der Waals surface area contributed by atoms with Gasteiger partial charge in [-0.15, -0.1) is 0 Å². The Labute approximate surface area is 183 Å². The Morgan fingerprint density at radius 2 is 1.77 bits per heavy atom. The number of methoxy groups -OCH3 is 3. The van der Waals surface area contributed by atoms with E-state index in [0.717, 1.165) is 0 Å². The molecule has 1 aliphatic rings. The summed E-state index contributed by atoms with van der Waals surface area (Å²) >= 11 is 0. The van der Waals surface area contributed by atoms with Gasteiger partial charge in [0.15, 0.2) is 11.5 Å². The van der Waals surface area contributed by atoms with Crippen molar-refractivity contribution in [2.75, 3.05) is 46.4 Å². The molecule has 0 spiro atoms. The van der Waals surface area contributed by atoms with Crippen molar-refractivity contribution < 1.29 is 27.4 Å². The zero-order chi connectivity index (χ0) is 22.6. The number of ether oxygens (including phenoxy) is 3. The zero-order valence-corrected chi connectivity index (χ0v) is 19.0. The predicted octanol–water partition coefficient (Wildman–Crippen LogP) is 2.78. The molecule has 0 bridgehead atoms. The van der Waals surface area contributed by atoms with E-state index >= 15 is 0 Å². The van der Waals surface area contributed by atoms with Gasteiger partial charge in [-0.1, -0.05) is 6.07 Å². The van der Waals surface area contributed by atoms with Crippen LogP contribution in [-0.4, -0.2) is 60.1 Å². The van der Waals surface area contributed by atoms with Crippen molar-refractivity contribution in [3.63, 3.8) is 0 Å². The van der Waals surface area contributed by atoms with Gasteiger partial charge in [0.05, 0.1) is 32.1 Å². The fourth-order valence-corrected chi connectivity index (χ4v) is 5.25. The molecule has 1 amide bonds. The molecular formula is C22H28N2O6S. The summed E-state index contributed by atoms with van der Waals surface area (Å²) in [6, 6.07) is 11.7. The summed E-state index contributed by atoms with van der Waals surface area (Å²) in [5.74, 6) is 0.887. The average Bonchev–Trinajstić information content (AvgIpc) is 2.82. The van der Waals surface area contributed by atoms with Crippen LogP contribution in [0.4, 0.5) is 5.69 Å². The lowest BCUT2D eigenvalue weighted by Gasteiger charge is -2.33. The van der Waals surface area contributed by atoms with Crippen molar-refractivity contribution in [3.05, 3.63) is 42.5 Å². The SMILES string of the molecule is COc1cccc(N(C)C(=O)C2CCCN(S(=O)(=O)c3ccc(OC)c(OC)c3)C2)c1. The number of anilines is 1. The highest BCUT2D eigenvalue weighted by Crippen LogP contribution is 2.32. The Balaban J connectivity index is 1.79. The van der Waals surface area contributed by atoms with E-state index in [1.165, 1.54) is 30.7 Å². The summed E-state index contributed by atoms with van der Waals surface area (Å²) in [5.41, 5.74) is 0.698. The van der Waals surface area contributed by atoms with Crippen molar-refractivity contribution in [2.24, 2.45) is 5.92 Å². The third kappa shape index (κ3) is 4.77. The summed E-state index contributed by atoms with van der Waals surface area (Å²) in [6.45, 7) is 0.493. The van der Waals surface area contributed by atoms with Gasteiger partial charge in [-0.3, -0.25) is 4.79 Å². The maximum absolute atomic E-state index is 13.2. The Hall–Kier alpha value is -2.78. The summed E-state index contributed by atoms with van der Waals surface area (Å²) in [7, 11) is 2.43. The number of carbonyl (C=O) groups excluding carboxylic acids is 1. The van der Waals surface area contributed by atoms with Crippen LogP contribution in [0.15, 0.2) is 47.4 Å². The first kappa shape index (κ1) is 22.9. The van der Waals surface area contributed by atoms with Gasteiger partial charge in [0.1, 0.15) is 5.75 Å². The van der Waals surface area contributed by atoms with Gasteiger partial charge in [0.2, 0.25) is 15.9 Å². The smallest absolute Gasteiger partial charge is 0.243 e. The largest absolute Gasteiger partial charge is 0.497 e. The van der Waals surface area contributed by atoms with E-state index in [1.807, 2.05) is 12.1 Å². The van der Waals surface area contributed by atoms with Crippen LogP contribution in [0.2, 0.25) is 0 Å². The Kier molecular flexibility index (Phi) is 7.07. The summed E-state index contributed by atoms with van der Waals surface area (Å²) in [6.07, 6.45) is 1.24. The molecule has 2 aromatic rings. The topological polar surface area (TPSA) is 85.4 Å². The van der Waals surface area contributed by atoms with Crippen LogP contribution in [-0.2, 0) is 14.8 Å². The number of rotatable bonds is 7. The van der Waals surface area contributed by atoms with E-state index in [9.17, 15) is 13.2 Å². The van der Waals surface area contributed by atoms with Gasteiger partial charge >= 0.3 is 0 Å². The van der Waals surface area contributed by atoms with E-state index in [4.69, 9.17) is 14.2 Å². The van der Waals surface area contributed by atoms with Crippen molar-refractivity contribution >= 4 is 21.6 Å². The second-order valence-corrected chi connectivity index (χ2v) is 9.26. The van der Waals surface area contributed by atoms with E-state index in [1.54, 1.807) is 37.3 Å². The van der Waals surface area contributed by atoms with Crippen LogP contribution in [0, 0.1) is 5.92 Å². The Morgan fingerprint density at radius 3 is 2.45 bits per heavy atom. The van der Waals surface area contributed by atoms with Gasteiger partial charge < -0.3 is 19.1 Å². The summed E-state index contributed by atoms with van der Waals surface area (Å²) in [4.78, 5) is 14.8. The molecule has 1 fully saturated rings. The number of piperidine rings is 1. The number of nitrogens with zero attached hydrogens (tertiary/aromatic N) is 2. The molecule has 8 nitrogen and oxygen atoms in total. The number of benzene rings is 2. The molecule has 1 atom stereocenters. The molecule has 168 valence electrons. The van der Waals surface area contributed by atoms with Gasteiger partial charge in [-0.05, 0) is 37.1 Å². The number of sulfonamides is 1. The zero-order valence-electron chi connectivity index (χ0n) is 18.2. The molecule has 1 aliphatic heterocycles. The van der Waals surface area contributed by atoms with E-state index in [0.29, 0.717) is 42.3 Å². The third-order valence-corrected chi connectivity index (χ3v) is 7.36. The van der Waals surface area contributed by atoms with Crippen LogP contribution in [0.5, 0.6) is 17.2 Å². The first-order valence-electron chi connectivity index (χ1n) is 9.95. The maximum atomic E-state index is 13.2. The quantitative estimate of drug-likeness (QED) is 0.648. The van der Waals surface area contributed by atoms with Crippen LogP contribution in [0.25, 0.3) is 0 Å². The first-order chi connectivity index (χ1) is 14.8. The monoisotopic (exact) mass is 448 g/mol. The fourth-order valence-electron chi connectivity index (χ4n) is 3.71. The van der Waals surface area contributed by atoms with E-state index in [2.05, 4.69) is 0 Å². The van der Waals surface area contributed by atoms with E-state index in [-0.39, 0.29) is 17.3 Å². The van der Waals surface area contributed by atoms with Crippen molar-refractivity contribution in [1.82, 2.24) is 4.31 Å². The van der Waals surface area contributed by atoms with Gasteiger partial charge in [0.25, 0.3) is 0 Å². The molecule has 1 unspecified atom stereocenters. The third-order valence-electron chi connectivity index (χ3n) is 5.50. The Morgan fingerprint density at radius 1 is 1.03 bits per heavy atom. The van der Waals surface area contributed by atoms with Crippen LogP contribution < -0.4 is 19.1 Å². The minimum absolute atomic E-state index is 0.111. The average molecular weight is 449 g/mol. The van der Waals surface area contributed by atoms with Crippen LogP contribution >= 0.6 is 0 Å².